The molecule has 1 saturated carbocycles. The van der Waals surface area contributed by atoms with E-state index in [-0.39, 0.29) is 18.7 Å². The number of carbonyl (C=O) groups excluding carboxylic acids is 1. The summed E-state index contributed by atoms with van der Waals surface area (Å²) in [5.41, 5.74) is -0.431. The minimum absolute atomic E-state index is 0.0357. The molecule has 24 heavy (non-hydrogen) atoms. The molecule has 1 aromatic carbocycles. The van der Waals surface area contributed by atoms with Gasteiger partial charge in [-0.2, -0.15) is 0 Å². The number of hydrogen-bond acceptors (Lipinski definition) is 3. The van der Waals surface area contributed by atoms with E-state index < -0.39 is 29.3 Å². The molecule has 0 spiro atoms. The number of halogens is 2. The van der Waals surface area contributed by atoms with Gasteiger partial charge in [0.25, 0.3) is 0 Å². The van der Waals surface area contributed by atoms with Crippen LogP contribution in [0, 0.1) is 17.6 Å². The normalized spacial score (nSPS) is 27.4. The lowest BCUT2D eigenvalue weighted by atomic mass is 9.82. The Morgan fingerprint density at radius 3 is 2.79 bits per heavy atom. The molecule has 1 heterocycles. The number of urea groups is 1. The van der Waals surface area contributed by atoms with E-state index in [1.165, 1.54) is 6.07 Å². The first-order valence-electron chi connectivity index (χ1n) is 8.34. The van der Waals surface area contributed by atoms with Crippen LogP contribution in [0.1, 0.15) is 37.4 Å². The smallest absolute Gasteiger partial charge is 0.315 e. The number of rotatable bonds is 4. The van der Waals surface area contributed by atoms with Crippen molar-refractivity contribution < 1.29 is 23.4 Å². The van der Waals surface area contributed by atoms with Crippen LogP contribution in [0.2, 0.25) is 0 Å². The van der Waals surface area contributed by atoms with E-state index >= 15 is 0 Å². The van der Waals surface area contributed by atoms with Crippen molar-refractivity contribution >= 4 is 6.03 Å². The summed E-state index contributed by atoms with van der Waals surface area (Å²) in [5, 5.41) is 15.3. The molecular formula is C17H22F2N2O3. The van der Waals surface area contributed by atoms with Crippen molar-refractivity contribution in [2.75, 3.05) is 13.2 Å². The first kappa shape index (κ1) is 17.1. The number of hydrogen-bond donors (Lipinski definition) is 3. The molecule has 2 fully saturated rings. The average molecular weight is 340 g/mol. The number of benzene rings is 1. The second-order valence-corrected chi connectivity index (χ2v) is 6.40. The number of amides is 2. The Balaban J connectivity index is 1.52. The minimum Gasteiger partial charge on any atom is -0.386 e. The van der Waals surface area contributed by atoms with Crippen molar-refractivity contribution in [1.82, 2.24) is 10.6 Å². The maximum atomic E-state index is 13.6. The SMILES string of the molecule is O=C(NCC(O)c1c(F)cccc1F)NC1CCCC2OCCC12. The molecule has 5 nitrogen and oxygen atoms in total. The molecule has 4 unspecified atom stereocenters. The van der Waals surface area contributed by atoms with E-state index in [1.807, 2.05) is 0 Å². The third-order valence-corrected chi connectivity index (χ3v) is 4.89. The molecule has 3 rings (SSSR count). The summed E-state index contributed by atoms with van der Waals surface area (Å²) >= 11 is 0. The summed E-state index contributed by atoms with van der Waals surface area (Å²) in [5.74, 6) is -1.34. The standard InChI is InChI=1S/C17H22F2N2O3/c18-11-3-1-4-12(19)16(11)14(22)9-20-17(23)21-13-5-2-6-15-10(13)7-8-24-15/h1,3-4,10,13-15,22H,2,5-9H2,(H2,20,21,23). The third-order valence-electron chi connectivity index (χ3n) is 4.89. The summed E-state index contributed by atoms with van der Waals surface area (Å²) in [4.78, 5) is 12.0. The summed E-state index contributed by atoms with van der Waals surface area (Å²) < 4.78 is 32.9. The molecule has 1 aromatic rings. The zero-order chi connectivity index (χ0) is 17.1. The van der Waals surface area contributed by atoms with Crippen molar-refractivity contribution in [2.24, 2.45) is 5.92 Å². The molecule has 0 aromatic heterocycles. The van der Waals surface area contributed by atoms with E-state index in [0.29, 0.717) is 5.92 Å². The highest BCUT2D eigenvalue weighted by atomic mass is 19.1. The highest BCUT2D eigenvalue weighted by Crippen LogP contribution is 2.34. The monoisotopic (exact) mass is 340 g/mol. The van der Waals surface area contributed by atoms with Crippen molar-refractivity contribution in [1.29, 1.82) is 0 Å². The topological polar surface area (TPSA) is 70.6 Å². The quantitative estimate of drug-likeness (QED) is 0.787. The van der Waals surface area contributed by atoms with Crippen LogP contribution in [0.25, 0.3) is 0 Å². The predicted octanol–water partition coefficient (Wildman–Crippen LogP) is 2.25. The van der Waals surface area contributed by atoms with Gasteiger partial charge in [-0.25, -0.2) is 13.6 Å². The Morgan fingerprint density at radius 2 is 2.04 bits per heavy atom. The fourth-order valence-electron chi connectivity index (χ4n) is 3.69. The Morgan fingerprint density at radius 1 is 1.29 bits per heavy atom. The van der Waals surface area contributed by atoms with Crippen LogP contribution in [0.4, 0.5) is 13.6 Å². The van der Waals surface area contributed by atoms with E-state index in [1.54, 1.807) is 0 Å². The lowest BCUT2D eigenvalue weighted by Crippen LogP contribution is -2.49. The van der Waals surface area contributed by atoms with Crippen LogP contribution >= 0.6 is 0 Å². The molecule has 2 amide bonds. The summed E-state index contributed by atoms with van der Waals surface area (Å²) in [6.45, 7) is 0.460. The van der Waals surface area contributed by atoms with Crippen LogP contribution in [0.15, 0.2) is 18.2 Å². The number of carbonyl (C=O) groups is 1. The van der Waals surface area contributed by atoms with Crippen LogP contribution in [-0.4, -0.2) is 36.4 Å². The maximum absolute atomic E-state index is 13.6. The zero-order valence-electron chi connectivity index (χ0n) is 13.3. The fourth-order valence-corrected chi connectivity index (χ4v) is 3.69. The summed E-state index contributed by atoms with van der Waals surface area (Å²) in [6.07, 6.45) is 2.61. The van der Waals surface area contributed by atoms with Gasteiger partial charge < -0.3 is 20.5 Å². The molecule has 132 valence electrons. The number of nitrogens with one attached hydrogen (secondary N) is 2. The third kappa shape index (κ3) is 3.67. The Bertz CT molecular complexity index is 579. The van der Waals surface area contributed by atoms with Gasteiger partial charge in [0.2, 0.25) is 0 Å². The van der Waals surface area contributed by atoms with Gasteiger partial charge in [0.1, 0.15) is 17.7 Å². The summed E-state index contributed by atoms with van der Waals surface area (Å²) in [6, 6.07) is 2.97. The van der Waals surface area contributed by atoms with E-state index in [0.717, 1.165) is 44.4 Å². The molecule has 1 saturated heterocycles. The first-order chi connectivity index (χ1) is 11.6. The van der Waals surface area contributed by atoms with Gasteiger partial charge in [-0.1, -0.05) is 6.07 Å². The van der Waals surface area contributed by atoms with E-state index in [9.17, 15) is 18.7 Å². The Hall–Kier alpha value is -1.73. The molecule has 4 atom stereocenters. The second kappa shape index (κ2) is 7.44. The number of aliphatic hydroxyl groups excluding tert-OH is 1. The average Bonchev–Trinajstić information content (AvgIpc) is 3.02. The van der Waals surface area contributed by atoms with Crippen molar-refractivity contribution in [3.05, 3.63) is 35.4 Å². The van der Waals surface area contributed by atoms with Gasteiger partial charge in [0.15, 0.2) is 0 Å². The number of aliphatic hydroxyl groups is 1. The van der Waals surface area contributed by atoms with Crippen LogP contribution in [-0.2, 0) is 4.74 Å². The molecule has 1 aliphatic carbocycles. The molecule has 3 N–H and O–H groups in total. The van der Waals surface area contributed by atoms with Gasteiger partial charge in [0, 0.05) is 25.1 Å². The molecular weight excluding hydrogens is 318 g/mol. The van der Waals surface area contributed by atoms with Crippen molar-refractivity contribution in [3.63, 3.8) is 0 Å². The molecule has 7 heteroatoms. The summed E-state index contributed by atoms with van der Waals surface area (Å²) in [7, 11) is 0. The van der Waals surface area contributed by atoms with Crippen molar-refractivity contribution in [2.45, 2.75) is 43.9 Å². The van der Waals surface area contributed by atoms with Crippen LogP contribution in [0.5, 0.6) is 0 Å². The van der Waals surface area contributed by atoms with Gasteiger partial charge in [-0.3, -0.25) is 0 Å². The molecule has 2 aliphatic rings. The molecule has 1 aliphatic heterocycles. The van der Waals surface area contributed by atoms with Gasteiger partial charge in [-0.15, -0.1) is 0 Å². The van der Waals surface area contributed by atoms with Gasteiger partial charge in [-0.05, 0) is 37.8 Å². The molecule has 0 radical (unpaired) electrons. The lowest BCUT2D eigenvalue weighted by Gasteiger charge is -2.33. The minimum atomic E-state index is -1.44. The predicted molar refractivity (Wildman–Crippen MR) is 83.3 cm³/mol. The first-order valence-corrected chi connectivity index (χ1v) is 8.34. The fraction of sp³-hybridized carbons (Fsp3) is 0.588. The van der Waals surface area contributed by atoms with Gasteiger partial charge in [0.05, 0.1) is 11.7 Å². The van der Waals surface area contributed by atoms with Gasteiger partial charge >= 0.3 is 6.03 Å². The highest BCUT2D eigenvalue weighted by Gasteiger charge is 2.38. The zero-order valence-corrected chi connectivity index (χ0v) is 13.3. The lowest BCUT2D eigenvalue weighted by molar-refractivity contribution is 0.0548. The maximum Gasteiger partial charge on any atom is 0.315 e. The van der Waals surface area contributed by atoms with E-state index in [2.05, 4.69) is 10.6 Å². The molecule has 0 bridgehead atoms. The van der Waals surface area contributed by atoms with Crippen LogP contribution in [0.3, 0.4) is 0 Å². The Labute approximate surface area is 139 Å². The number of ether oxygens (including phenoxy) is 1. The van der Waals surface area contributed by atoms with Crippen molar-refractivity contribution in [3.8, 4) is 0 Å². The Kier molecular flexibility index (Phi) is 5.30. The van der Waals surface area contributed by atoms with Crippen LogP contribution < -0.4 is 10.6 Å². The second-order valence-electron chi connectivity index (χ2n) is 6.40. The largest absolute Gasteiger partial charge is 0.386 e. The van der Waals surface area contributed by atoms with E-state index in [4.69, 9.17) is 4.74 Å². The number of fused-ring (bicyclic) bond motifs is 1. The highest BCUT2D eigenvalue weighted by molar-refractivity contribution is 5.74.